The highest BCUT2D eigenvalue weighted by molar-refractivity contribution is 9.10. The van der Waals surface area contributed by atoms with E-state index in [1.165, 1.54) is 0 Å². The molecule has 1 aromatic carbocycles. The number of nitrogens with two attached hydrogens (primary N) is 1. The first kappa shape index (κ1) is 13.1. The van der Waals surface area contributed by atoms with Crippen LogP contribution >= 0.6 is 27.3 Å². The lowest BCUT2D eigenvalue weighted by molar-refractivity contribution is 0.0476. The van der Waals surface area contributed by atoms with Crippen LogP contribution in [0.15, 0.2) is 34.1 Å². The average molecular weight is 326 g/mol. The van der Waals surface area contributed by atoms with Crippen LogP contribution in [0, 0.1) is 6.92 Å². The molecular formula is C13H12BrNO2S. The second kappa shape index (κ2) is 5.54. The van der Waals surface area contributed by atoms with Crippen LogP contribution in [0.5, 0.6) is 0 Å². The van der Waals surface area contributed by atoms with Crippen molar-refractivity contribution in [2.45, 2.75) is 13.5 Å². The molecule has 0 saturated carbocycles. The fourth-order valence-corrected chi connectivity index (χ4v) is 2.61. The minimum atomic E-state index is -0.353. The van der Waals surface area contributed by atoms with E-state index in [9.17, 15) is 4.79 Å². The van der Waals surface area contributed by atoms with Crippen molar-refractivity contribution in [1.29, 1.82) is 0 Å². The van der Waals surface area contributed by atoms with Crippen molar-refractivity contribution >= 4 is 38.9 Å². The molecule has 0 atom stereocenters. The molecule has 18 heavy (non-hydrogen) atoms. The standard InChI is InChI=1S/C13H12BrNO2S/c1-8-11(5-9(14)6-12(8)15)13(16)17-7-10-3-2-4-18-10/h2-6H,7,15H2,1H3. The lowest BCUT2D eigenvalue weighted by Crippen LogP contribution is -2.08. The van der Waals surface area contributed by atoms with Crippen molar-refractivity contribution in [2.24, 2.45) is 0 Å². The maximum atomic E-state index is 12.0. The molecule has 94 valence electrons. The summed E-state index contributed by atoms with van der Waals surface area (Å²) < 4.78 is 6.03. The first-order valence-corrected chi connectivity index (χ1v) is 7.00. The van der Waals surface area contributed by atoms with Crippen molar-refractivity contribution in [3.8, 4) is 0 Å². The summed E-state index contributed by atoms with van der Waals surface area (Å²) in [5.41, 5.74) is 7.63. The summed E-state index contributed by atoms with van der Waals surface area (Å²) in [5, 5.41) is 1.95. The quantitative estimate of drug-likeness (QED) is 0.690. The Balaban J connectivity index is 2.14. The zero-order chi connectivity index (χ0) is 13.1. The molecular weight excluding hydrogens is 314 g/mol. The van der Waals surface area contributed by atoms with Gasteiger partial charge in [-0.2, -0.15) is 0 Å². The fraction of sp³-hybridized carbons (Fsp3) is 0.154. The lowest BCUT2D eigenvalue weighted by Gasteiger charge is -2.09. The highest BCUT2D eigenvalue weighted by Gasteiger charge is 2.13. The van der Waals surface area contributed by atoms with Gasteiger partial charge in [-0.3, -0.25) is 0 Å². The fourth-order valence-electron chi connectivity index (χ4n) is 1.52. The van der Waals surface area contributed by atoms with Crippen LogP contribution in [0.4, 0.5) is 5.69 Å². The van der Waals surface area contributed by atoms with Gasteiger partial charge in [0, 0.05) is 15.0 Å². The number of rotatable bonds is 3. The molecule has 3 nitrogen and oxygen atoms in total. The molecule has 0 aliphatic heterocycles. The molecule has 0 fully saturated rings. The van der Waals surface area contributed by atoms with Crippen LogP contribution in [0.1, 0.15) is 20.8 Å². The van der Waals surface area contributed by atoms with Crippen molar-refractivity contribution in [1.82, 2.24) is 0 Å². The number of thiophene rings is 1. The average Bonchev–Trinajstić information content (AvgIpc) is 2.83. The Hall–Kier alpha value is -1.33. The van der Waals surface area contributed by atoms with Crippen LogP contribution in [0.3, 0.4) is 0 Å². The van der Waals surface area contributed by atoms with Gasteiger partial charge in [-0.1, -0.05) is 22.0 Å². The largest absolute Gasteiger partial charge is 0.456 e. The molecule has 5 heteroatoms. The molecule has 0 aliphatic carbocycles. The SMILES string of the molecule is Cc1c(N)cc(Br)cc1C(=O)OCc1cccs1. The monoisotopic (exact) mass is 325 g/mol. The molecule has 2 rings (SSSR count). The van der Waals surface area contributed by atoms with E-state index in [1.54, 1.807) is 23.5 Å². The van der Waals surface area contributed by atoms with Gasteiger partial charge in [0.15, 0.2) is 0 Å². The van der Waals surface area contributed by atoms with Crippen LogP contribution in [-0.4, -0.2) is 5.97 Å². The number of carbonyl (C=O) groups excluding carboxylic acids is 1. The van der Waals surface area contributed by atoms with Crippen LogP contribution in [0.25, 0.3) is 0 Å². The van der Waals surface area contributed by atoms with Crippen molar-refractivity contribution in [2.75, 3.05) is 5.73 Å². The highest BCUT2D eigenvalue weighted by atomic mass is 79.9. The summed E-state index contributed by atoms with van der Waals surface area (Å²) in [5.74, 6) is -0.353. The maximum absolute atomic E-state index is 12.0. The minimum absolute atomic E-state index is 0.294. The van der Waals surface area contributed by atoms with Crippen LogP contribution in [0.2, 0.25) is 0 Å². The first-order chi connectivity index (χ1) is 8.58. The van der Waals surface area contributed by atoms with E-state index in [1.807, 2.05) is 24.4 Å². The number of nitrogen functional groups attached to an aromatic ring is 1. The number of hydrogen-bond donors (Lipinski definition) is 1. The predicted octanol–water partition coefficient (Wildman–Crippen LogP) is 3.76. The van der Waals surface area contributed by atoms with Crippen LogP contribution in [-0.2, 0) is 11.3 Å². The molecule has 1 heterocycles. The minimum Gasteiger partial charge on any atom is -0.456 e. The Labute approximate surface area is 118 Å². The van der Waals surface area contributed by atoms with Gasteiger partial charge >= 0.3 is 5.97 Å². The molecule has 0 amide bonds. The summed E-state index contributed by atoms with van der Waals surface area (Å²) in [6.07, 6.45) is 0. The third kappa shape index (κ3) is 2.91. The first-order valence-electron chi connectivity index (χ1n) is 5.33. The zero-order valence-corrected chi connectivity index (χ0v) is 12.2. The van der Waals surface area contributed by atoms with Crippen molar-refractivity contribution < 1.29 is 9.53 Å². The third-order valence-corrected chi connectivity index (χ3v) is 3.87. The molecule has 0 radical (unpaired) electrons. The predicted molar refractivity (Wildman–Crippen MR) is 76.7 cm³/mol. The van der Waals surface area contributed by atoms with Crippen LogP contribution < -0.4 is 5.73 Å². The topological polar surface area (TPSA) is 52.3 Å². The molecule has 1 aromatic heterocycles. The third-order valence-electron chi connectivity index (χ3n) is 2.56. The summed E-state index contributed by atoms with van der Waals surface area (Å²) in [7, 11) is 0. The molecule has 0 saturated heterocycles. The van der Waals surface area contributed by atoms with Gasteiger partial charge in [0.05, 0.1) is 5.56 Å². The Morgan fingerprint density at radius 3 is 2.94 bits per heavy atom. The number of benzene rings is 1. The molecule has 0 unspecified atom stereocenters. The maximum Gasteiger partial charge on any atom is 0.338 e. The highest BCUT2D eigenvalue weighted by Crippen LogP contribution is 2.23. The zero-order valence-electron chi connectivity index (χ0n) is 9.77. The summed E-state index contributed by atoms with van der Waals surface area (Å²) in [4.78, 5) is 13.0. The van der Waals surface area contributed by atoms with E-state index in [0.717, 1.165) is 14.9 Å². The van der Waals surface area contributed by atoms with Gasteiger partial charge in [-0.05, 0) is 36.1 Å². The Kier molecular flexibility index (Phi) is 4.04. The molecule has 0 bridgehead atoms. The normalized spacial score (nSPS) is 10.3. The summed E-state index contributed by atoms with van der Waals surface area (Å²) >= 11 is 4.88. The Bertz CT molecular complexity index is 567. The molecule has 2 aromatic rings. The molecule has 2 N–H and O–H groups in total. The second-order valence-corrected chi connectivity index (χ2v) is 5.77. The van der Waals surface area contributed by atoms with E-state index < -0.39 is 0 Å². The Morgan fingerprint density at radius 1 is 1.50 bits per heavy atom. The van der Waals surface area contributed by atoms with Crippen molar-refractivity contribution in [3.63, 3.8) is 0 Å². The smallest absolute Gasteiger partial charge is 0.338 e. The summed E-state index contributed by atoms with van der Waals surface area (Å²) in [6.45, 7) is 2.10. The number of anilines is 1. The van der Waals surface area contributed by atoms with Gasteiger partial charge < -0.3 is 10.5 Å². The number of hydrogen-bond acceptors (Lipinski definition) is 4. The number of esters is 1. The van der Waals surface area contributed by atoms with Gasteiger partial charge in [-0.25, -0.2) is 4.79 Å². The van der Waals surface area contributed by atoms with E-state index >= 15 is 0 Å². The van der Waals surface area contributed by atoms with Gasteiger partial charge in [0.2, 0.25) is 0 Å². The number of halogens is 1. The lowest BCUT2D eigenvalue weighted by atomic mass is 10.1. The van der Waals surface area contributed by atoms with E-state index in [2.05, 4.69) is 15.9 Å². The van der Waals surface area contributed by atoms with E-state index in [-0.39, 0.29) is 5.97 Å². The van der Waals surface area contributed by atoms with Gasteiger partial charge in [0.25, 0.3) is 0 Å². The Morgan fingerprint density at radius 2 is 2.28 bits per heavy atom. The molecule has 0 aliphatic rings. The number of ether oxygens (including phenoxy) is 1. The van der Waals surface area contributed by atoms with E-state index in [0.29, 0.717) is 17.9 Å². The van der Waals surface area contributed by atoms with E-state index in [4.69, 9.17) is 10.5 Å². The van der Waals surface area contributed by atoms with Gasteiger partial charge in [0.1, 0.15) is 6.61 Å². The molecule has 0 spiro atoms. The summed E-state index contributed by atoms with van der Waals surface area (Å²) in [6, 6.07) is 7.35. The van der Waals surface area contributed by atoms with Gasteiger partial charge in [-0.15, -0.1) is 11.3 Å². The van der Waals surface area contributed by atoms with Crippen molar-refractivity contribution in [3.05, 3.63) is 50.1 Å². The number of carbonyl (C=O) groups is 1. The second-order valence-electron chi connectivity index (χ2n) is 3.82.